The fraction of sp³-hybridized carbons (Fsp3) is 0.500. The van der Waals surface area contributed by atoms with Crippen molar-refractivity contribution in [2.75, 3.05) is 0 Å². The van der Waals surface area contributed by atoms with Crippen LogP contribution in [0.4, 0.5) is 0 Å². The third kappa shape index (κ3) is 1.66. The molecule has 0 heterocycles. The highest BCUT2D eigenvalue weighted by molar-refractivity contribution is 14.1. The predicted molar refractivity (Wildman–Crippen MR) is 41.8 cm³/mol. The van der Waals surface area contributed by atoms with Crippen LogP contribution in [0.25, 0.3) is 0 Å². The standard InChI is InChI=1S/C6H6INO/c7-9-6-2-1-5(3-6)4-8/h3,6H,1-2H2/t6-/m0/s1. The number of nitrogens with zero attached hydrogens (tertiary/aromatic N) is 1. The van der Waals surface area contributed by atoms with Crippen molar-refractivity contribution >= 4 is 23.0 Å². The van der Waals surface area contributed by atoms with Crippen molar-refractivity contribution in [3.63, 3.8) is 0 Å². The second-order valence-corrected chi connectivity index (χ2v) is 2.48. The lowest BCUT2D eigenvalue weighted by molar-refractivity contribution is 0.340. The first-order chi connectivity index (χ1) is 4.36. The molecule has 0 bridgehead atoms. The van der Waals surface area contributed by atoms with Gasteiger partial charge in [0.25, 0.3) is 0 Å². The molecule has 0 spiro atoms. The van der Waals surface area contributed by atoms with E-state index in [2.05, 4.69) is 6.07 Å². The zero-order chi connectivity index (χ0) is 6.69. The van der Waals surface area contributed by atoms with Crippen molar-refractivity contribution in [3.8, 4) is 6.07 Å². The molecule has 0 aromatic heterocycles. The Morgan fingerprint density at radius 1 is 1.89 bits per heavy atom. The minimum Gasteiger partial charge on any atom is -0.308 e. The van der Waals surface area contributed by atoms with Crippen molar-refractivity contribution in [2.45, 2.75) is 18.9 Å². The summed E-state index contributed by atoms with van der Waals surface area (Å²) in [5, 5.41) is 8.40. The zero-order valence-electron chi connectivity index (χ0n) is 4.80. The molecule has 0 saturated heterocycles. The molecule has 1 atom stereocenters. The monoisotopic (exact) mass is 235 g/mol. The molecule has 0 amide bonds. The molecule has 0 N–H and O–H groups in total. The highest BCUT2D eigenvalue weighted by atomic mass is 127. The average molecular weight is 235 g/mol. The Bertz CT molecular complexity index is 170. The van der Waals surface area contributed by atoms with Gasteiger partial charge in [-0.25, -0.2) is 0 Å². The summed E-state index contributed by atoms with van der Waals surface area (Å²) in [7, 11) is 0. The van der Waals surface area contributed by atoms with Gasteiger partial charge in [0.15, 0.2) is 0 Å². The number of hydrogen-bond acceptors (Lipinski definition) is 2. The van der Waals surface area contributed by atoms with Gasteiger partial charge in [0.05, 0.1) is 12.2 Å². The number of nitriles is 1. The Morgan fingerprint density at radius 2 is 2.67 bits per heavy atom. The van der Waals surface area contributed by atoms with Crippen LogP contribution in [-0.4, -0.2) is 6.10 Å². The Balaban J connectivity index is 2.53. The third-order valence-electron chi connectivity index (χ3n) is 1.34. The van der Waals surface area contributed by atoms with Crippen LogP contribution in [0.15, 0.2) is 11.6 Å². The summed E-state index contributed by atoms with van der Waals surface area (Å²) >= 11 is 1.86. The number of rotatable bonds is 1. The third-order valence-corrected chi connectivity index (χ3v) is 2.00. The van der Waals surface area contributed by atoms with Gasteiger partial charge in [-0.1, -0.05) is 0 Å². The molecule has 0 radical (unpaired) electrons. The minimum absolute atomic E-state index is 0.181. The first-order valence-corrected chi connectivity index (χ1v) is 3.63. The first-order valence-electron chi connectivity index (χ1n) is 2.75. The summed E-state index contributed by atoms with van der Waals surface area (Å²) in [6, 6.07) is 2.11. The molecular formula is C6H6INO. The highest BCUT2D eigenvalue weighted by Crippen LogP contribution is 2.21. The van der Waals surface area contributed by atoms with Gasteiger partial charge in [-0.15, -0.1) is 0 Å². The molecule has 2 nitrogen and oxygen atoms in total. The van der Waals surface area contributed by atoms with E-state index in [1.807, 2.05) is 29.1 Å². The molecule has 1 aliphatic carbocycles. The van der Waals surface area contributed by atoms with Crippen LogP contribution < -0.4 is 0 Å². The van der Waals surface area contributed by atoms with E-state index in [1.165, 1.54) is 0 Å². The van der Waals surface area contributed by atoms with Gasteiger partial charge in [0.2, 0.25) is 0 Å². The molecule has 9 heavy (non-hydrogen) atoms. The van der Waals surface area contributed by atoms with Gasteiger partial charge in [-0.3, -0.25) is 0 Å². The maximum Gasteiger partial charge on any atom is 0.110 e. The first kappa shape index (κ1) is 7.03. The van der Waals surface area contributed by atoms with E-state index < -0.39 is 0 Å². The lowest BCUT2D eigenvalue weighted by Gasteiger charge is -1.97. The molecule has 0 unspecified atom stereocenters. The van der Waals surface area contributed by atoms with Gasteiger partial charge in [-0.05, 0) is 18.9 Å². The summed E-state index contributed by atoms with van der Waals surface area (Å²) in [6.07, 6.45) is 3.91. The second-order valence-electron chi connectivity index (χ2n) is 1.97. The van der Waals surface area contributed by atoms with E-state index in [0.29, 0.717) is 0 Å². The van der Waals surface area contributed by atoms with Gasteiger partial charge in [0.1, 0.15) is 23.0 Å². The topological polar surface area (TPSA) is 33.0 Å². The lowest BCUT2D eigenvalue weighted by atomic mass is 10.3. The predicted octanol–water partition coefficient (Wildman–Crippen LogP) is 1.97. The molecular weight excluding hydrogens is 229 g/mol. The Labute approximate surface area is 68.2 Å². The van der Waals surface area contributed by atoms with E-state index in [4.69, 9.17) is 8.33 Å². The van der Waals surface area contributed by atoms with E-state index in [9.17, 15) is 0 Å². The molecule has 0 fully saturated rings. The number of allylic oxidation sites excluding steroid dienone is 1. The van der Waals surface area contributed by atoms with E-state index >= 15 is 0 Å². The molecule has 0 aromatic rings. The van der Waals surface area contributed by atoms with Crippen molar-refractivity contribution in [2.24, 2.45) is 0 Å². The van der Waals surface area contributed by atoms with Crippen LogP contribution in [0, 0.1) is 11.3 Å². The van der Waals surface area contributed by atoms with Crippen molar-refractivity contribution in [3.05, 3.63) is 11.6 Å². The van der Waals surface area contributed by atoms with Crippen LogP contribution in [0.2, 0.25) is 0 Å². The normalized spacial score (nSPS) is 25.3. The zero-order valence-corrected chi connectivity index (χ0v) is 6.96. The fourth-order valence-electron chi connectivity index (χ4n) is 0.852. The van der Waals surface area contributed by atoms with Crippen LogP contribution in [0.5, 0.6) is 0 Å². The van der Waals surface area contributed by atoms with E-state index in [-0.39, 0.29) is 6.10 Å². The number of hydrogen-bond donors (Lipinski definition) is 0. The van der Waals surface area contributed by atoms with Crippen LogP contribution in [0.1, 0.15) is 12.8 Å². The Morgan fingerprint density at radius 3 is 3.00 bits per heavy atom. The van der Waals surface area contributed by atoms with Crippen molar-refractivity contribution < 1.29 is 3.07 Å². The van der Waals surface area contributed by atoms with Crippen LogP contribution in [-0.2, 0) is 3.07 Å². The quantitative estimate of drug-likeness (QED) is 0.651. The number of halogens is 1. The summed E-state index contributed by atoms with van der Waals surface area (Å²) in [5.74, 6) is 0. The molecule has 0 aliphatic heterocycles. The van der Waals surface area contributed by atoms with E-state index in [1.54, 1.807) is 0 Å². The molecule has 1 rings (SSSR count). The Kier molecular flexibility index (Phi) is 2.49. The minimum atomic E-state index is 0.181. The lowest BCUT2D eigenvalue weighted by Crippen LogP contribution is -1.95. The Hall–Kier alpha value is -0.0800. The van der Waals surface area contributed by atoms with Gasteiger partial charge in [-0.2, -0.15) is 5.26 Å². The summed E-state index contributed by atoms with van der Waals surface area (Å²) in [5.41, 5.74) is 0.858. The van der Waals surface area contributed by atoms with E-state index in [0.717, 1.165) is 18.4 Å². The van der Waals surface area contributed by atoms with Crippen LogP contribution in [0.3, 0.4) is 0 Å². The van der Waals surface area contributed by atoms with Gasteiger partial charge < -0.3 is 3.07 Å². The van der Waals surface area contributed by atoms with Crippen molar-refractivity contribution in [1.82, 2.24) is 0 Å². The molecule has 3 heteroatoms. The maximum atomic E-state index is 8.40. The molecule has 0 saturated carbocycles. The van der Waals surface area contributed by atoms with Crippen LogP contribution >= 0.6 is 23.0 Å². The van der Waals surface area contributed by atoms with Gasteiger partial charge in [0, 0.05) is 5.57 Å². The second kappa shape index (κ2) is 3.18. The molecule has 1 aliphatic rings. The summed E-state index contributed by atoms with van der Waals surface area (Å²) < 4.78 is 4.99. The average Bonchev–Trinajstić information content (AvgIpc) is 2.34. The maximum absolute atomic E-state index is 8.40. The van der Waals surface area contributed by atoms with Gasteiger partial charge >= 0.3 is 0 Å². The smallest absolute Gasteiger partial charge is 0.110 e. The summed E-state index contributed by atoms with van der Waals surface area (Å²) in [6.45, 7) is 0. The summed E-state index contributed by atoms with van der Waals surface area (Å²) in [4.78, 5) is 0. The molecule has 0 aromatic carbocycles. The highest BCUT2D eigenvalue weighted by Gasteiger charge is 2.14. The SMILES string of the molecule is N#CC1=C[C@@H](OI)CC1. The largest absolute Gasteiger partial charge is 0.308 e. The fourth-order valence-corrected chi connectivity index (χ4v) is 1.25. The van der Waals surface area contributed by atoms with Crippen molar-refractivity contribution in [1.29, 1.82) is 5.26 Å². The molecule has 48 valence electrons.